The third-order valence-electron chi connectivity index (χ3n) is 2.86. The summed E-state index contributed by atoms with van der Waals surface area (Å²) in [6, 6.07) is 7.41. The zero-order chi connectivity index (χ0) is 13.4. The Hall–Kier alpha value is -2.63. The smallest absolute Gasteiger partial charge is 0.277 e. The summed E-state index contributed by atoms with van der Waals surface area (Å²) < 4.78 is 6.88. The number of rotatable bonds is 2. The fourth-order valence-corrected chi connectivity index (χ4v) is 2.00. The lowest BCUT2D eigenvalue weighted by atomic mass is 10.3. The Labute approximate surface area is 108 Å². The van der Waals surface area contributed by atoms with E-state index in [2.05, 4.69) is 15.0 Å². The second-order valence-electron chi connectivity index (χ2n) is 4.14. The summed E-state index contributed by atoms with van der Waals surface area (Å²) in [7, 11) is 1.60. The van der Waals surface area contributed by atoms with Crippen molar-refractivity contribution < 1.29 is 4.74 Å². The lowest BCUT2D eigenvalue weighted by Gasteiger charge is -2.05. The van der Waals surface area contributed by atoms with Crippen molar-refractivity contribution >= 4 is 11.2 Å². The third-order valence-corrected chi connectivity index (χ3v) is 2.86. The molecule has 1 aromatic carbocycles. The van der Waals surface area contributed by atoms with Crippen molar-refractivity contribution in [1.82, 2.24) is 19.5 Å². The third kappa shape index (κ3) is 1.87. The van der Waals surface area contributed by atoms with Gasteiger partial charge in [0.05, 0.1) is 12.8 Å². The summed E-state index contributed by atoms with van der Waals surface area (Å²) in [6.07, 6.45) is 1.58. The van der Waals surface area contributed by atoms with Gasteiger partial charge in [0.15, 0.2) is 11.2 Å². The van der Waals surface area contributed by atoms with Crippen LogP contribution >= 0.6 is 0 Å². The minimum Gasteiger partial charge on any atom is -0.497 e. The number of methoxy groups -OCH3 is 1. The lowest BCUT2D eigenvalue weighted by Crippen LogP contribution is -2.12. The van der Waals surface area contributed by atoms with Crippen LogP contribution < -0.4 is 10.3 Å². The molecule has 2 heterocycles. The Morgan fingerprint density at radius 3 is 3.00 bits per heavy atom. The van der Waals surface area contributed by atoms with E-state index in [4.69, 9.17) is 4.74 Å². The highest BCUT2D eigenvalue weighted by Crippen LogP contribution is 2.18. The monoisotopic (exact) mass is 256 g/mol. The molecular formula is C13H12N4O2. The Morgan fingerprint density at radius 2 is 2.21 bits per heavy atom. The molecule has 1 N–H and O–H groups in total. The average Bonchev–Trinajstić information content (AvgIpc) is 2.82. The van der Waals surface area contributed by atoms with Gasteiger partial charge in [-0.15, -0.1) is 0 Å². The predicted molar refractivity (Wildman–Crippen MR) is 70.8 cm³/mol. The van der Waals surface area contributed by atoms with Crippen LogP contribution in [-0.4, -0.2) is 26.6 Å². The van der Waals surface area contributed by atoms with Crippen LogP contribution in [0.4, 0.5) is 0 Å². The average molecular weight is 256 g/mol. The first-order chi connectivity index (χ1) is 9.19. The van der Waals surface area contributed by atoms with Crippen molar-refractivity contribution in [2.24, 2.45) is 0 Å². The molecule has 19 heavy (non-hydrogen) atoms. The molecule has 2 aromatic heterocycles. The molecule has 96 valence electrons. The highest BCUT2D eigenvalue weighted by atomic mass is 16.5. The lowest BCUT2D eigenvalue weighted by molar-refractivity contribution is 0.414. The maximum Gasteiger partial charge on any atom is 0.277 e. The normalized spacial score (nSPS) is 10.8. The van der Waals surface area contributed by atoms with Crippen molar-refractivity contribution in [3.63, 3.8) is 0 Å². The van der Waals surface area contributed by atoms with Crippen molar-refractivity contribution in [3.05, 3.63) is 46.8 Å². The molecule has 0 unspecified atom stereocenters. The number of benzene rings is 1. The van der Waals surface area contributed by atoms with E-state index < -0.39 is 0 Å². The largest absolute Gasteiger partial charge is 0.497 e. The minimum atomic E-state index is -0.206. The molecule has 0 aliphatic carbocycles. The van der Waals surface area contributed by atoms with Crippen LogP contribution in [0.2, 0.25) is 0 Å². The molecule has 3 rings (SSSR count). The summed E-state index contributed by atoms with van der Waals surface area (Å²) in [5.41, 5.74) is 1.46. The van der Waals surface area contributed by atoms with Gasteiger partial charge in [0.1, 0.15) is 17.9 Å². The van der Waals surface area contributed by atoms with E-state index in [1.165, 1.54) is 0 Å². The maximum absolute atomic E-state index is 12.0. The van der Waals surface area contributed by atoms with E-state index in [9.17, 15) is 4.79 Å². The minimum absolute atomic E-state index is 0.206. The van der Waals surface area contributed by atoms with Crippen LogP contribution in [0.5, 0.6) is 5.75 Å². The Bertz CT molecular complexity index is 804. The van der Waals surface area contributed by atoms with Gasteiger partial charge in [0, 0.05) is 6.07 Å². The summed E-state index contributed by atoms with van der Waals surface area (Å²) in [4.78, 5) is 23.1. The molecule has 6 nitrogen and oxygen atoms in total. The first-order valence-electron chi connectivity index (χ1n) is 5.77. The number of nitrogens with zero attached hydrogens (tertiary/aromatic N) is 3. The van der Waals surface area contributed by atoms with Gasteiger partial charge in [0.25, 0.3) is 5.56 Å². The predicted octanol–water partition coefficient (Wildman–Crippen LogP) is 1.43. The molecule has 0 spiro atoms. The fraction of sp³-hybridized carbons (Fsp3) is 0.154. The number of aryl methyl sites for hydroxylation is 1. The number of aromatic nitrogens is 4. The Morgan fingerprint density at radius 1 is 1.37 bits per heavy atom. The topological polar surface area (TPSA) is 72.8 Å². The van der Waals surface area contributed by atoms with Gasteiger partial charge in [-0.05, 0) is 19.1 Å². The van der Waals surface area contributed by atoms with Crippen molar-refractivity contribution in [2.45, 2.75) is 6.92 Å². The van der Waals surface area contributed by atoms with Gasteiger partial charge < -0.3 is 9.72 Å². The molecule has 0 atom stereocenters. The zero-order valence-electron chi connectivity index (χ0n) is 10.5. The second-order valence-corrected chi connectivity index (χ2v) is 4.14. The van der Waals surface area contributed by atoms with E-state index in [-0.39, 0.29) is 5.56 Å². The van der Waals surface area contributed by atoms with Crippen LogP contribution in [0.25, 0.3) is 16.9 Å². The summed E-state index contributed by atoms with van der Waals surface area (Å²) in [5.74, 6) is 1.27. The molecule has 0 fully saturated rings. The number of H-pyrrole nitrogens is 1. The highest BCUT2D eigenvalue weighted by molar-refractivity contribution is 5.72. The Balaban J connectivity index is 2.28. The van der Waals surface area contributed by atoms with Gasteiger partial charge in [-0.25, -0.2) is 9.97 Å². The first kappa shape index (κ1) is 11.5. The molecule has 0 radical (unpaired) electrons. The van der Waals surface area contributed by atoms with Gasteiger partial charge >= 0.3 is 0 Å². The van der Waals surface area contributed by atoms with Crippen LogP contribution in [0, 0.1) is 6.92 Å². The number of nitrogens with one attached hydrogen (secondary N) is 1. The van der Waals surface area contributed by atoms with Crippen LogP contribution in [-0.2, 0) is 0 Å². The Kier molecular flexibility index (Phi) is 2.56. The van der Waals surface area contributed by atoms with Crippen molar-refractivity contribution in [3.8, 4) is 11.4 Å². The molecule has 3 aromatic rings. The van der Waals surface area contributed by atoms with Gasteiger partial charge in [-0.2, -0.15) is 0 Å². The summed E-state index contributed by atoms with van der Waals surface area (Å²) >= 11 is 0. The van der Waals surface area contributed by atoms with Crippen LogP contribution in [0.15, 0.2) is 35.4 Å². The molecule has 0 saturated heterocycles. The molecule has 0 amide bonds. The molecule has 0 aliphatic heterocycles. The van der Waals surface area contributed by atoms with Gasteiger partial charge in [0.2, 0.25) is 0 Å². The molecule has 0 aliphatic rings. The number of ether oxygens (including phenoxy) is 1. The highest BCUT2D eigenvalue weighted by Gasteiger charge is 2.10. The number of aromatic amines is 1. The SMILES string of the molecule is COc1cccc(-n2cnc3nc(C)[nH]c(=O)c32)c1. The van der Waals surface area contributed by atoms with Gasteiger partial charge in [-0.1, -0.05) is 6.07 Å². The number of hydrogen-bond acceptors (Lipinski definition) is 4. The molecule has 0 saturated carbocycles. The van der Waals surface area contributed by atoms with E-state index >= 15 is 0 Å². The number of hydrogen-bond donors (Lipinski definition) is 1. The fourth-order valence-electron chi connectivity index (χ4n) is 2.00. The van der Waals surface area contributed by atoms with E-state index in [1.54, 1.807) is 24.9 Å². The molecule has 0 bridgehead atoms. The van der Waals surface area contributed by atoms with Crippen LogP contribution in [0.1, 0.15) is 5.82 Å². The molecular weight excluding hydrogens is 244 g/mol. The quantitative estimate of drug-likeness (QED) is 0.752. The van der Waals surface area contributed by atoms with E-state index in [0.717, 1.165) is 11.4 Å². The first-order valence-corrected chi connectivity index (χ1v) is 5.77. The van der Waals surface area contributed by atoms with Gasteiger partial charge in [-0.3, -0.25) is 9.36 Å². The molecule has 6 heteroatoms. The van der Waals surface area contributed by atoms with E-state index in [0.29, 0.717) is 17.0 Å². The maximum atomic E-state index is 12.0. The van der Waals surface area contributed by atoms with Crippen molar-refractivity contribution in [2.75, 3.05) is 7.11 Å². The van der Waals surface area contributed by atoms with Crippen LogP contribution in [0.3, 0.4) is 0 Å². The second kappa shape index (κ2) is 4.24. The standard InChI is InChI=1S/C13H12N4O2/c1-8-15-12-11(13(18)16-8)17(7-14-12)9-4-3-5-10(6-9)19-2/h3-7H,1-2H3,(H,15,16,18). The number of imidazole rings is 1. The summed E-state index contributed by atoms with van der Waals surface area (Å²) in [6.45, 7) is 1.73. The zero-order valence-corrected chi connectivity index (χ0v) is 10.5. The van der Waals surface area contributed by atoms with Crippen molar-refractivity contribution in [1.29, 1.82) is 0 Å². The number of fused-ring (bicyclic) bond motifs is 1. The van der Waals surface area contributed by atoms with E-state index in [1.807, 2.05) is 24.3 Å². The summed E-state index contributed by atoms with van der Waals surface area (Å²) in [5, 5.41) is 0.